The number of nitrogens with zero attached hydrogens (tertiary/aromatic N) is 2. The molecule has 0 aliphatic carbocycles. The maximum atomic E-state index is 12.7. The second-order valence-corrected chi connectivity index (χ2v) is 6.44. The molecule has 7 nitrogen and oxygen atoms in total. The zero-order valence-corrected chi connectivity index (χ0v) is 16.0. The number of benzene rings is 2. The van der Waals surface area contributed by atoms with Gasteiger partial charge in [-0.05, 0) is 36.8 Å². The van der Waals surface area contributed by atoms with Gasteiger partial charge in [0.05, 0.1) is 24.1 Å². The van der Waals surface area contributed by atoms with Gasteiger partial charge in [0.15, 0.2) is 6.61 Å². The Morgan fingerprint density at radius 1 is 1.18 bits per heavy atom. The van der Waals surface area contributed by atoms with Gasteiger partial charge in [-0.25, -0.2) is 4.98 Å². The Bertz CT molecular complexity index is 1020. The van der Waals surface area contributed by atoms with Crippen molar-refractivity contribution in [1.29, 1.82) is 0 Å². The number of H-pyrrole nitrogens is 1. The van der Waals surface area contributed by atoms with Gasteiger partial charge in [-0.3, -0.25) is 9.59 Å². The highest BCUT2D eigenvalue weighted by molar-refractivity contribution is 5.78. The molecule has 0 radical (unpaired) electrons. The molecule has 3 aromatic rings. The van der Waals surface area contributed by atoms with Crippen molar-refractivity contribution in [3.8, 4) is 5.75 Å². The molecule has 7 heteroatoms. The molecular formula is C21H23N3O4. The van der Waals surface area contributed by atoms with Crippen LogP contribution in [0.1, 0.15) is 11.4 Å². The Morgan fingerprint density at radius 2 is 2.00 bits per heavy atom. The van der Waals surface area contributed by atoms with Gasteiger partial charge >= 0.3 is 0 Å². The van der Waals surface area contributed by atoms with E-state index in [0.717, 1.165) is 5.56 Å². The lowest BCUT2D eigenvalue weighted by molar-refractivity contribution is -0.134. The van der Waals surface area contributed by atoms with Crippen LogP contribution in [0.5, 0.6) is 5.75 Å². The van der Waals surface area contributed by atoms with Crippen molar-refractivity contribution in [2.24, 2.45) is 0 Å². The Balaban J connectivity index is 1.74. The predicted octanol–water partition coefficient (Wildman–Crippen LogP) is 2.29. The third-order valence-corrected chi connectivity index (χ3v) is 4.27. The van der Waals surface area contributed by atoms with Crippen LogP contribution in [-0.4, -0.2) is 47.6 Å². The standard InChI is InChI=1S/C21H23N3O4/c1-15-6-5-7-16(12-15)28-14-20(25)24(10-11-27-2)13-19-22-18-9-4-3-8-17(18)21(26)23-19/h3-9,12H,10-11,13-14H2,1-2H3,(H,22,23,26). The molecule has 0 bridgehead atoms. The fraction of sp³-hybridized carbons (Fsp3) is 0.286. The minimum absolute atomic E-state index is 0.106. The van der Waals surface area contributed by atoms with Crippen molar-refractivity contribution in [3.05, 3.63) is 70.3 Å². The van der Waals surface area contributed by atoms with Crippen LogP contribution in [0, 0.1) is 6.92 Å². The van der Waals surface area contributed by atoms with Gasteiger partial charge in [-0.1, -0.05) is 24.3 Å². The van der Waals surface area contributed by atoms with E-state index in [0.29, 0.717) is 35.6 Å². The fourth-order valence-electron chi connectivity index (χ4n) is 2.83. The van der Waals surface area contributed by atoms with E-state index >= 15 is 0 Å². The normalized spacial score (nSPS) is 10.8. The van der Waals surface area contributed by atoms with Crippen LogP contribution < -0.4 is 10.3 Å². The highest BCUT2D eigenvalue weighted by atomic mass is 16.5. The number of hydrogen-bond acceptors (Lipinski definition) is 5. The number of para-hydroxylation sites is 1. The molecular weight excluding hydrogens is 358 g/mol. The van der Waals surface area contributed by atoms with E-state index in [1.54, 1.807) is 30.2 Å². The number of methoxy groups -OCH3 is 1. The van der Waals surface area contributed by atoms with E-state index < -0.39 is 0 Å². The van der Waals surface area contributed by atoms with Crippen LogP contribution >= 0.6 is 0 Å². The van der Waals surface area contributed by atoms with Crippen molar-refractivity contribution < 1.29 is 14.3 Å². The number of aryl methyl sites for hydroxylation is 1. The summed E-state index contributed by atoms with van der Waals surface area (Å²) in [7, 11) is 1.57. The zero-order chi connectivity index (χ0) is 19.9. The average Bonchev–Trinajstić information content (AvgIpc) is 2.69. The van der Waals surface area contributed by atoms with Crippen molar-refractivity contribution in [3.63, 3.8) is 0 Å². The van der Waals surface area contributed by atoms with Crippen LogP contribution in [0.4, 0.5) is 0 Å². The SMILES string of the molecule is COCCN(Cc1nc2ccccc2c(=O)[nH]1)C(=O)COc1cccc(C)c1. The summed E-state index contributed by atoms with van der Waals surface area (Å²) >= 11 is 0. The van der Waals surface area contributed by atoms with Gasteiger partial charge in [0, 0.05) is 13.7 Å². The molecule has 0 atom stereocenters. The molecule has 1 aromatic heterocycles. The maximum Gasteiger partial charge on any atom is 0.260 e. The first-order valence-corrected chi connectivity index (χ1v) is 9.01. The summed E-state index contributed by atoms with van der Waals surface area (Å²) in [5.74, 6) is 0.843. The number of amides is 1. The molecule has 1 N–H and O–H groups in total. The largest absolute Gasteiger partial charge is 0.484 e. The zero-order valence-electron chi connectivity index (χ0n) is 16.0. The number of carbonyl (C=O) groups is 1. The molecule has 0 aliphatic rings. The fourth-order valence-corrected chi connectivity index (χ4v) is 2.83. The molecule has 0 fully saturated rings. The monoisotopic (exact) mass is 381 g/mol. The van der Waals surface area contributed by atoms with Crippen molar-refractivity contribution >= 4 is 16.8 Å². The molecule has 3 rings (SSSR count). The number of fused-ring (bicyclic) bond motifs is 1. The van der Waals surface area contributed by atoms with E-state index in [-0.39, 0.29) is 24.6 Å². The number of carbonyl (C=O) groups excluding carboxylic acids is 1. The summed E-state index contributed by atoms with van der Waals surface area (Å²) in [4.78, 5) is 33.7. The molecule has 0 saturated heterocycles. The summed E-state index contributed by atoms with van der Waals surface area (Å²) in [5.41, 5.74) is 1.42. The minimum Gasteiger partial charge on any atom is -0.484 e. The van der Waals surface area contributed by atoms with Crippen LogP contribution in [0.25, 0.3) is 10.9 Å². The Morgan fingerprint density at radius 3 is 2.79 bits per heavy atom. The lowest BCUT2D eigenvalue weighted by atomic mass is 10.2. The maximum absolute atomic E-state index is 12.7. The van der Waals surface area contributed by atoms with Crippen LogP contribution in [0.3, 0.4) is 0 Å². The van der Waals surface area contributed by atoms with Gasteiger partial charge in [0.1, 0.15) is 11.6 Å². The van der Waals surface area contributed by atoms with Gasteiger partial charge in [-0.2, -0.15) is 0 Å². The molecule has 1 heterocycles. The van der Waals surface area contributed by atoms with Gasteiger partial charge < -0.3 is 19.4 Å². The van der Waals surface area contributed by atoms with Gasteiger partial charge in [0.25, 0.3) is 11.5 Å². The molecule has 0 saturated carbocycles. The molecule has 28 heavy (non-hydrogen) atoms. The average molecular weight is 381 g/mol. The molecule has 0 spiro atoms. The molecule has 2 aromatic carbocycles. The number of nitrogens with one attached hydrogen (secondary N) is 1. The van der Waals surface area contributed by atoms with Crippen LogP contribution in [-0.2, 0) is 16.1 Å². The van der Waals surface area contributed by atoms with Gasteiger partial charge in [-0.15, -0.1) is 0 Å². The highest BCUT2D eigenvalue weighted by Gasteiger charge is 2.16. The number of rotatable bonds is 8. The summed E-state index contributed by atoms with van der Waals surface area (Å²) in [5, 5.41) is 0.517. The van der Waals surface area contributed by atoms with Crippen molar-refractivity contribution in [2.75, 3.05) is 26.9 Å². The molecule has 0 aliphatic heterocycles. The Labute approximate surface area is 162 Å². The van der Waals surface area contributed by atoms with E-state index in [4.69, 9.17) is 9.47 Å². The first-order chi connectivity index (χ1) is 13.6. The van der Waals surface area contributed by atoms with E-state index in [2.05, 4.69) is 9.97 Å². The number of aromatic nitrogens is 2. The second kappa shape index (κ2) is 9.14. The summed E-state index contributed by atoms with van der Waals surface area (Å²) in [6.45, 7) is 2.75. The minimum atomic E-state index is -0.226. The first-order valence-electron chi connectivity index (χ1n) is 9.01. The predicted molar refractivity (Wildman–Crippen MR) is 106 cm³/mol. The number of ether oxygens (including phenoxy) is 2. The molecule has 1 amide bonds. The van der Waals surface area contributed by atoms with Crippen molar-refractivity contribution in [1.82, 2.24) is 14.9 Å². The van der Waals surface area contributed by atoms with Gasteiger partial charge in [0.2, 0.25) is 0 Å². The number of hydrogen-bond donors (Lipinski definition) is 1. The first kappa shape index (κ1) is 19.6. The van der Waals surface area contributed by atoms with E-state index in [9.17, 15) is 9.59 Å². The lowest BCUT2D eigenvalue weighted by Crippen LogP contribution is -2.37. The molecule has 0 unspecified atom stereocenters. The number of aromatic amines is 1. The highest BCUT2D eigenvalue weighted by Crippen LogP contribution is 2.13. The Kier molecular flexibility index (Phi) is 6.39. The van der Waals surface area contributed by atoms with Crippen LogP contribution in [0.2, 0.25) is 0 Å². The van der Waals surface area contributed by atoms with Crippen LogP contribution in [0.15, 0.2) is 53.3 Å². The molecule has 146 valence electrons. The summed E-state index contributed by atoms with van der Waals surface area (Å²) in [6, 6.07) is 14.6. The smallest absolute Gasteiger partial charge is 0.260 e. The lowest BCUT2D eigenvalue weighted by Gasteiger charge is -2.22. The Hall–Kier alpha value is -3.19. The topological polar surface area (TPSA) is 84.5 Å². The van der Waals surface area contributed by atoms with Crippen molar-refractivity contribution in [2.45, 2.75) is 13.5 Å². The van der Waals surface area contributed by atoms with E-state index in [1.807, 2.05) is 37.3 Å². The summed E-state index contributed by atoms with van der Waals surface area (Å²) < 4.78 is 10.7. The quantitative estimate of drug-likeness (QED) is 0.647. The second-order valence-electron chi connectivity index (χ2n) is 6.44. The third kappa shape index (κ3) is 4.95. The summed E-state index contributed by atoms with van der Waals surface area (Å²) in [6.07, 6.45) is 0. The van der Waals surface area contributed by atoms with E-state index in [1.165, 1.54) is 0 Å². The third-order valence-electron chi connectivity index (χ3n) is 4.27.